The molecule has 1 amide bonds. The predicted octanol–water partition coefficient (Wildman–Crippen LogP) is 3.41. The number of esters is 1. The number of aromatic nitrogens is 3. The average molecular weight is 418 g/mol. The molecule has 0 saturated carbocycles. The van der Waals surface area contributed by atoms with E-state index in [1.807, 2.05) is 30.3 Å². The van der Waals surface area contributed by atoms with E-state index in [1.54, 1.807) is 19.9 Å². The van der Waals surface area contributed by atoms with Crippen molar-refractivity contribution in [3.63, 3.8) is 0 Å². The van der Waals surface area contributed by atoms with Crippen molar-refractivity contribution in [3.8, 4) is 10.4 Å². The fourth-order valence-electron chi connectivity index (χ4n) is 2.33. The number of anilines is 2. The van der Waals surface area contributed by atoms with Crippen LogP contribution in [0, 0.1) is 0 Å². The SMILES string of the molecule is CCOC(=O)c1cc(-c2ccccc2)sc1NC(=O)[C@H](C)Sc1n[nH]c(N)n1. The maximum atomic E-state index is 12.6. The van der Waals surface area contributed by atoms with E-state index in [1.165, 1.54) is 11.3 Å². The highest BCUT2D eigenvalue weighted by Gasteiger charge is 2.23. The number of nitrogens with zero attached hydrogens (tertiary/aromatic N) is 2. The Balaban J connectivity index is 1.81. The number of carbonyl (C=O) groups excluding carboxylic acids is 2. The molecule has 0 aliphatic carbocycles. The summed E-state index contributed by atoms with van der Waals surface area (Å²) in [5.41, 5.74) is 6.79. The Bertz CT molecular complexity index is 971. The molecule has 0 unspecified atom stereocenters. The van der Waals surface area contributed by atoms with Crippen LogP contribution in [0.2, 0.25) is 0 Å². The summed E-state index contributed by atoms with van der Waals surface area (Å²) in [6.07, 6.45) is 0. The molecule has 146 valence electrons. The van der Waals surface area contributed by atoms with Crippen molar-refractivity contribution < 1.29 is 14.3 Å². The number of ether oxygens (including phenoxy) is 1. The number of benzene rings is 1. The van der Waals surface area contributed by atoms with Gasteiger partial charge < -0.3 is 15.8 Å². The molecule has 8 nitrogen and oxygen atoms in total. The summed E-state index contributed by atoms with van der Waals surface area (Å²) in [6, 6.07) is 11.4. The van der Waals surface area contributed by atoms with Crippen LogP contribution in [0.1, 0.15) is 24.2 Å². The van der Waals surface area contributed by atoms with E-state index in [4.69, 9.17) is 10.5 Å². The van der Waals surface area contributed by atoms with Gasteiger partial charge in [0, 0.05) is 4.88 Å². The Kier molecular flexibility index (Phi) is 6.32. The Morgan fingerprint density at radius 1 is 1.36 bits per heavy atom. The largest absolute Gasteiger partial charge is 0.462 e. The zero-order valence-electron chi connectivity index (χ0n) is 15.3. The number of nitrogens with one attached hydrogen (secondary N) is 2. The van der Waals surface area contributed by atoms with Gasteiger partial charge in [-0.2, -0.15) is 4.98 Å². The molecule has 2 heterocycles. The van der Waals surface area contributed by atoms with Crippen LogP contribution in [0.25, 0.3) is 10.4 Å². The fourth-order valence-corrected chi connectivity index (χ4v) is 4.11. The predicted molar refractivity (Wildman–Crippen MR) is 110 cm³/mol. The molecule has 0 bridgehead atoms. The summed E-state index contributed by atoms with van der Waals surface area (Å²) in [4.78, 5) is 29.8. The minimum atomic E-state index is -0.493. The van der Waals surface area contributed by atoms with E-state index >= 15 is 0 Å². The summed E-state index contributed by atoms with van der Waals surface area (Å²) < 4.78 is 5.13. The van der Waals surface area contributed by atoms with Crippen molar-refractivity contribution in [2.45, 2.75) is 24.3 Å². The Morgan fingerprint density at radius 3 is 2.75 bits per heavy atom. The van der Waals surface area contributed by atoms with Crippen LogP contribution >= 0.6 is 23.1 Å². The third-order valence-corrected chi connectivity index (χ3v) is 5.72. The van der Waals surface area contributed by atoms with E-state index in [2.05, 4.69) is 20.5 Å². The lowest BCUT2D eigenvalue weighted by Gasteiger charge is -2.10. The molecule has 10 heteroatoms. The van der Waals surface area contributed by atoms with Crippen molar-refractivity contribution >= 4 is 45.9 Å². The number of rotatable bonds is 7. The molecule has 4 N–H and O–H groups in total. The van der Waals surface area contributed by atoms with Crippen LogP contribution in [0.5, 0.6) is 0 Å². The first-order valence-corrected chi connectivity index (χ1v) is 10.2. The van der Waals surface area contributed by atoms with Gasteiger partial charge in [-0.25, -0.2) is 9.89 Å². The van der Waals surface area contributed by atoms with E-state index in [9.17, 15) is 9.59 Å². The van der Waals surface area contributed by atoms with Crippen LogP contribution in [0.4, 0.5) is 10.9 Å². The topological polar surface area (TPSA) is 123 Å². The first kappa shape index (κ1) is 19.9. The van der Waals surface area contributed by atoms with Gasteiger partial charge in [0.05, 0.1) is 17.4 Å². The van der Waals surface area contributed by atoms with Crippen LogP contribution in [-0.2, 0) is 9.53 Å². The summed E-state index contributed by atoms with van der Waals surface area (Å²) in [6.45, 7) is 3.71. The van der Waals surface area contributed by atoms with Gasteiger partial charge in [0.15, 0.2) is 0 Å². The monoisotopic (exact) mass is 417 g/mol. The van der Waals surface area contributed by atoms with E-state index in [0.29, 0.717) is 15.7 Å². The molecule has 2 aromatic heterocycles. The lowest BCUT2D eigenvalue weighted by atomic mass is 10.1. The molecule has 0 aliphatic heterocycles. The second kappa shape index (κ2) is 8.89. The van der Waals surface area contributed by atoms with Gasteiger partial charge >= 0.3 is 5.97 Å². The van der Waals surface area contributed by atoms with Gasteiger partial charge in [-0.3, -0.25) is 4.79 Å². The number of H-pyrrole nitrogens is 1. The Labute approximate surface area is 169 Å². The van der Waals surface area contributed by atoms with E-state index in [-0.39, 0.29) is 18.5 Å². The minimum absolute atomic E-state index is 0.186. The first-order chi connectivity index (χ1) is 13.5. The molecule has 0 spiro atoms. The van der Waals surface area contributed by atoms with E-state index < -0.39 is 11.2 Å². The molecule has 0 saturated heterocycles. The highest BCUT2D eigenvalue weighted by atomic mass is 32.2. The molecule has 3 rings (SSSR count). The lowest BCUT2D eigenvalue weighted by Crippen LogP contribution is -2.23. The van der Waals surface area contributed by atoms with Crippen LogP contribution in [-0.4, -0.2) is 38.9 Å². The minimum Gasteiger partial charge on any atom is -0.462 e. The highest BCUT2D eigenvalue weighted by molar-refractivity contribution is 8.00. The van der Waals surface area contributed by atoms with Gasteiger partial charge in [0.25, 0.3) is 0 Å². The normalized spacial score (nSPS) is 11.8. The van der Waals surface area contributed by atoms with Gasteiger partial charge in [0.1, 0.15) is 5.00 Å². The zero-order chi connectivity index (χ0) is 20.1. The molecule has 28 heavy (non-hydrogen) atoms. The van der Waals surface area contributed by atoms with Crippen molar-refractivity contribution in [2.24, 2.45) is 0 Å². The van der Waals surface area contributed by atoms with Crippen molar-refractivity contribution in [1.82, 2.24) is 15.2 Å². The van der Waals surface area contributed by atoms with Crippen molar-refractivity contribution in [2.75, 3.05) is 17.7 Å². The second-order valence-corrected chi connectivity index (χ2v) is 8.05. The summed E-state index contributed by atoms with van der Waals surface area (Å²) in [5.74, 6) is -0.566. The second-order valence-electron chi connectivity index (χ2n) is 5.69. The van der Waals surface area contributed by atoms with E-state index in [0.717, 1.165) is 22.2 Å². The van der Waals surface area contributed by atoms with Crippen LogP contribution < -0.4 is 11.1 Å². The molecular formula is C18H19N5O3S2. The number of hydrogen-bond acceptors (Lipinski definition) is 8. The number of amides is 1. The number of hydrogen-bond donors (Lipinski definition) is 3. The standard InChI is InChI=1S/C18H19N5O3S2/c1-3-26-16(25)12-9-13(11-7-5-4-6-8-11)28-15(12)20-14(24)10(2)27-18-21-17(19)22-23-18/h4-10H,3H2,1-2H3,(H,20,24)(H3,19,21,22,23)/t10-/m0/s1. The lowest BCUT2D eigenvalue weighted by molar-refractivity contribution is -0.115. The maximum Gasteiger partial charge on any atom is 0.341 e. The smallest absolute Gasteiger partial charge is 0.341 e. The Hall–Kier alpha value is -2.85. The van der Waals surface area contributed by atoms with Gasteiger partial charge in [-0.1, -0.05) is 42.1 Å². The summed E-state index contributed by atoms with van der Waals surface area (Å²) in [7, 11) is 0. The fraction of sp³-hybridized carbons (Fsp3) is 0.222. The number of carbonyl (C=O) groups is 2. The van der Waals surface area contributed by atoms with Crippen molar-refractivity contribution in [3.05, 3.63) is 42.0 Å². The molecule has 0 aliphatic rings. The number of aromatic amines is 1. The molecular weight excluding hydrogens is 398 g/mol. The molecule has 0 radical (unpaired) electrons. The highest BCUT2D eigenvalue weighted by Crippen LogP contribution is 2.36. The van der Waals surface area contributed by atoms with Crippen LogP contribution in [0.15, 0.2) is 41.6 Å². The molecule has 1 aromatic carbocycles. The molecule has 0 fully saturated rings. The summed E-state index contributed by atoms with van der Waals surface area (Å²) in [5, 5.41) is 9.60. The maximum absolute atomic E-state index is 12.6. The quantitative estimate of drug-likeness (QED) is 0.397. The molecule has 1 atom stereocenters. The Morgan fingerprint density at radius 2 is 2.11 bits per heavy atom. The number of nitrogen functional groups attached to an aromatic ring is 1. The number of thiophene rings is 1. The zero-order valence-corrected chi connectivity index (χ0v) is 16.9. The third-order valence-electron chi connectivity index (χ3n) is 3.66. The van der Waals surface area contributed by atoms with Gasteiger partial charge in [0.2, 0.25) is 17.0 Å². The first-order valence-electron chi connectivity index (χ1n) is 8.49. The van der Waals surface area contributed by atoms with Gasteiger partial charge in [-0.05, 0) is 25.5 Å². The average Bonchev–Trinajstić information content (AvgIpc) is 3.29. The number of nitrogens with two attached hydrogens (primary N) is 1. The molecule has 3 aromatic rings. The van der Waals surface area contributed by atoms with Crippen LogP contribution in [0.3, 0.4) is 0 Å². The third kappa shape index (κ3) is 4.70. The summed E-state index contributed by atoms with van der Waals surface area (Å²) >= 11 is 2.49. The van der Waals surface area contributed by atoms with Crippen molar-refractivity contribution in [1.29, 1.82) is 0 Å². The van der Waals surface area contributed by atoms with Gasteiger partial charge in [-0.15, -0.1) is 16.4 Å². The number of thioether (sulfide) groups is 1.